The van der Waals surface area contributed by atoms with Gasteiger partial charge in [0.15, 0.2) is 0 Å². The second-order valence-electron chi connectivity index (χ2n) is 4.78. The van der Waals surface area contributed by atoms with E-state index >= 15 is 0 Å². The number of hydrogen-bond donors (Lipinski definition) is 0. The highest BCUT2D eigenvalue weighted by Crippen LogP contribution is 2.27. The van der Waals surface area contributed by atoms with Gasteiger partial charge in [-0.3, -0.25) is 15.1 Å². The van der Waals surface area contributed by atoms with E-state index in [-0.39, 0.29) is 16.8 Å². The van der Waals surface area contributed by atoms with Crippen LogP contribution >= 0.6 is 11.3 Å². The molecule has 0 fully saturated rings. The molecule has 2 aromatic heterocycles. The fourth-order valence-corrected chi connectivity index (χ4v) is 4.17. The number of sulfonamides is 1. The van der Waals surface area contributed by atoms with Gasteiger partial charge in [-0.1, -0.05) is 11.3 Å². The maximum absolute atomic E-state index is 12.4. The number of nitro groups is 1. The third-order valence-corrected chi connectivity index (χ3v) is 6.16. The van der Waals surface area contributed by atoms with Gasteiger partial charge in [-0.15, -0.1) is 0 Å². The zero-order valence-corrected chi connectivity index (χ0v) is 13.7. The fraction of sp³-hybridized carbons (Fsp3) is 0.308. The summed E-state index contributed by atoms with van der Waals surface area (Å²) in [6.45, 7) is 1.78. The lowest BCUT2D eigenvalue weighted by atomic mass is 10.1. The average Bonchev–Trinajstić information content (AvgIpc) is 2.94. The highest BCUT2D eigenvalue weighted by atomic mass is 32.2. The minimum absolute atomic E-state index is 0.0602. The molecule has 0 saturated heterocycles. The van der Waals surface area contributed by atoms with Crippen molar-refractivity contribution in [3.63, 3.8) is 0 Å². The van der Waals surface area contributed by atoms with E-state index in [1.165, 1.54) is 22.8 Å². The maximum atomic E-state index is 12.4. The van der Waals surface area contributed by atoms with Crippen LogP contribution in [0.2, 0.25) is 0 Å². The van der Waals surface area contributed by atoms with E-state index in [4.69, 9.17) is 0 Å². The smallest absolute Gasteiger partial charge is 0.265 e. The Bertz CT molecular complexity index is 759. The average molecular weight is 341 g/mol. The van der Waals surface area contributed by atoms with Gasteiger partial charge >= 0.3 is 5.00 Å². The van der Waals surface area contributed by atoms with Crippen LogP contribution in [0.5, 0.6) is 0 Å². The SMILES string of the molecule is CC(c1ccncc1)N(C)S(=O)(=O)Cc1csc([N+](=O)[O-])c1. The van der Waals surface area contributed by atoms with Gasteiger partial charge in [0.25, 0.3) is 0 Å². The van der Waals surface area contributed by atoms with Gasteiger partial charge in [-0.25, -0.2) is 8.42 Å². The Kier molecular flexibility index (Phi) is 4.89. The Morgan fingerprint density at radius 1 is 1.41 bits per heavy atom. The van der Waals surface area contributed by atoms with Gasteiger partial charge in [0.2, 0.25) is 10.0 Å². The number of aromatic nitrogens is 1. The van der Waals surface area contributed by atoms with E-state index in [1.54, 1.807) is 31.5 Å². The summed E-state index contributed by atoms with van der Waals surface area (Å²) in [6, 6.07) is 4.47. The third-order valence-electron chi connectivity index (χ3n) is 3.34. The van der Waals surface area contributed by atoms with Gasteiger partial charge in [0.1, 0.15) is 0 Å². The lowest BCUT2D eigenvalue weighted by molar-refractivity contribution is -0.380. The summed E-state index contributed by atoms with van der Waals surface area (Å²) in [6.07, 6.45) is 3.21. The standard InChI is InChI=1S/C13H15N3O4S2/c1-10(12-3-5-14-6-4-12)15(2)22(19,20)9-11-7-13(16(17)18)21-8-11/h3-8,10H,9H2,1-2H3. The molecule has 9 heteroatoms. The third kappa shape index (κ3) is 3.67. The van der Waals surface area contributed by atoms with Crippen molar-refractivity contribution in [3.8, 4) is 0 Å². The summed E-state index contributed by atoms with van der Waals surface area (Å²) in [5.74, 6) is -0.261. The van der Waals surface area contributed by atoms with Gasteiger partial charge in [0, 0.05) is 36.9 Å². The Labute approximate surface area is 132 Å². The molecule has 0 spiro atoms. The largest absolute Gasteiger partial charge is 0.324 e. The molecular formula is C13H15N3O4S2. The van der Waals surface area contributed by atoms with Crippen LogP contribution in [0.25, 0.3) is 0 Å². The van der Waals surface area contributed by atoms with Crippen LogP contribution in [0.4, 0.5) is 5.00 Å². The van der Waals surface area contributed by atoms with Crippen LogP contribution in [0.3, 0.4) is 0 Å². The molecule has 0 aromatic carbocycles. The van der Waals surface area contributed by atoms with Crippen LogP contribution in [0.15, 0.2) is 36.0 Å². The van der Waals surface area contributed by atoms with Crippen molar-refractivity contribution in [3.05, 3.63) is 57.2 Å². The first-order valence-electron chi connectivity index (χ1n) is 6.38. The molecule has 0 amide bonds. The Morgan fingerprint density at radius 3 is 2.59 bits per heavy atom. The summed E-state index contributed by atoms with van der Waals surface area (Å²) >= 11 is 0.925. The molecular weight excluding hydrogens is 326 g/mol. The number of thiophene rings is 1. The van der Waals surface area contributed by atoms with Gasteiger partial charge in [0.05, 0.1) is 10.7 Å². The van der Waals surface area contributed by atoms with Gasteiger partial charge < -0.3 is 0 Å². The Hall–Kier alpha value is -1.84. The summed E-state index contributed by atoms with van der Waals surface area (Å²) in [5, 5.41) is 12.1. The van der Waals surface area contributed by atoms with E-state index in [2.05, 4.69) is 4.98 Å². The van der Waals surface area contributed by atoms with Crippen LogP contribution in [-0.4, -0.2) is 29.7 Å². The molecule has 0 saturated carbocycles. The molecule has 7 nitrogen and oxygen atoms in total. The van der Waals surface area contributed by atoms with Gasteiger partial charge in [-0.05, 0) is 30.2 Å². The van der Waals surface area contributed by atoms with E-state index in [1.807, 2.05) is 0 Å². The van der Waals surface area contributed by atoms with Crippen LogP contribution in [0, 0.1) is 10.1 Å². The normalized spacial score (nSPS) is 13.2. The zero-order valence-electron chi connectivity index (χ0n) is 12.0. The molecule has 0 aliphatic heterocycles. The Morgan fingerprint density at radius 2 is 2.05 bits per heavy atom. The topological polar surface area (TPSA) is 93.4 Å². The molecule has 0 radical (unpaired) electrons. The van der Waals surface area contributed by atoms with Crippen LogP contribution in [-0.2, 0) is 15.8 Å². The second kappa shape index (κ2) is 6.51. The lowest BCUT2D eigenvalue weighted by Crippen LogP contribution is -2.30. The van der Waals surface area contributed by atoms with Crippen molar-refractivity contribution >= 4 is 26.4 Å². The van der Waals surface area contributed by atoms with Crippen molar-refractivity contribution in [2.45, 2.75) is 18.7 Å². The monoisotopic (exact) mass is 341 g/mol. The summed E-state index contributed by atoms with van der Waals surface area (Å²) in [7, 11) is -2.07. The minimum Gasteiger partial charge on any atom is -0.265 e. The first-order valence-corrected chi connectivity index (χ1v) is 8.87. The molecule has 118 valence electrons. The number of hydrogen-bond acceptors (Lipinski definition) is 6. The second-order valence-corrected chi connectivity index (χ2v) is 7.70. The maximum Gasteiger partial charge on any atom is 0.324 e. The zero-order chi connectivity index (χ0) is 16.3. The number of nitrogens with zero attached hydrogens (tertiary/aromatic N) is 3. The molecule has 0 aliphatic carbocycles. The van der Waals surface area contributed by atoms with E-state index in [9.17, 15) is 18.5 Å². The lowest BCUT2D eigenvalue weighted by Gasteiger charge is -2.24. The Balaban J connectivity index is 2.16. The molecule has 0 bridgehead atoms. The van der Waals surface area contributed by atoms with Crippen LogP contribution < -0.4 is 0 Å². The van der Waals surface area contributed by atoms with E-state index < -0.39 is 14.9 Å². The van der Waals surface area contributed by atoms with Crippen molar-refractivity contribution in [1.82, 2.24) is 9.29 Å². The quantitative estimate of drug-likeness (QED) is 0.594. The fourth-order valence-electron chi connectivity index (χ4n) is 1.94. The van der Waals surface area contributed by atoms with Crippen molar-refractivity contribution < 1.29 is 13.3 Å². The first kappa shape index (κ1) is 16.5. The van der Waals surface area contributed by atoms with Crippen LogP contribution in [0.1, 0.15) is 24.1 Å². The van der Waals surface area contributed by atoms with Crippen molar-refractivity contribution in [1.29, 1.82) is 0 Å². The molecule has 22 heavy (non-hydrogen) atoms. The predicted octanol–water partition coefficient (Wildman–Crippen LogP) is 2.57. The molecule has 2 aromatic rings. The number of rotatable bonds is 6. The van der Waals surface area contributed by atoms with Gasteiger partial charge in [-0.2, -0.15) is 4.31 Å². The molecule has 0 aliphatic rings. The van der Waals surface area contributed by atoms with E-state index in [0.29, 0.717) is 5.56 Å². The summed E-state index contributed by atoms with van der Waals surface area (Å²) < 4.78 is 26.1. The predicted molar refractivity (Wildman–Crippen MR) is 84.0 cm³/mol. The van der Waals surface area contributed by atoms with Crippen molar-refractivity contribution in [2.75, 3.05) is 7.05 Å². The molecule has 2 heterocycles. The molecule has 2 rings (SSSR count). The molecule has 1 atom stereocenters. The minimum atomic E-state index is -3.58. The first-order chi connectivity index (χ1) is 10.3. The number of pyridine rings is 1. The summed E-state index contributed by atoms with van der Waals surface area (Å²) in [5.41, 5.74) is 1.25. The van der Waals surface area contributed by atoms with Crippen molar-refractivity contribution in [2.24, 2.45) is 0 Å². The highest BCUT2D eigenvalue weighted by molar-refractivity contribution is 7.88. The summed E-state index contributed by atoms with van der Waals surface area (Å²) in [4.78, 5) is 14.0. The van der Waals surface area contributed by atoms with E-state index in [0.717, 1.165) is 16.9 Å². The molecule has 1 unspecified atom stereocenters. The highest BCUT2D eigenvalue weighted by Gasteiger charge is 2.25. The molecule has 0 N–H and O–H groups in total.